The van der Waals surface area contributed by atoms with Gasteiger partial charge in [0.25, 0.3) is 0 Å². The van der Waals surface area contributed by atoms with Gasteiger partial charge in [0.1, 0.15) is 0 Å². The Morgan fingerprint density at radius 1 is 1.44 bits per heavy atom. The summed E-state index contributed by atoms with van der Waals surface area (Å²) in [5, 5.41) is 0.625. The number of nitrogens with two attached hydrogens (primary N) is 1. The number of amides is 1. The molecule has 1 aliphatic rings. The van der Waals surface area contributed by atoms with Crippen molar-refractivity contribution in [1.29, 1.82) is 0 Å². The van der Waals surface area contributed by atoms with Gasteiger partial charge in [-0.2, -0.15) is 0 Å². The molecule has 0 spiro atoms. The van der Waals surface area contributed by atoms with Crippen molar-refractivity contribution in [3.8, 4) is 0 Å². The third kappa shape index (κ3) is 2.88. The van der Waals surface area contributed by atoms with Gasteiger partial charge in [0, 0.05) is 25.2 Å². The van der Waals surface area contributed by atoms with Crippen LogP contribution in [0.5, 0.6) is 0 Å². The van der Waals surface area contributed by atoms with Gasteiger partial charge in [0.05, 0.1) is 17.9 Å². The molecule has 1 amide bonds. The van der Waals surface area contributed by atoms with Crippen molar-refractivity contribution in [3.63, 3.8) is 0 Å². The number of nitrogens with zero attached hydrogens (tertiary/aromatic N) is 2. The van der Waals surface area contributed by atoms with Crippen LogP contribution in [0.3, 0.4) is 0 Å². The standard InChI is InChI=1S/C13H18ClN3O/c1-16(9-13(18)17-6-2-3-7-17)12-8-10(14)4-5-11(12)15/h4-5,8H,2-3,6-7,9,15H2,1H3. The predicted molar refractivity (Wildman–Crippen MR) is 74.9 cm³/mol. The van der Waals surface area contributed by atoms with Gasteiger partial charge in [-0.15, -0.1) is 0 Å². The Hall–Kier alpha value is -1.42. The minimum atomic E-state index is 0.148. The first-order chi connectivity index (χ1) is 8.58. The van der Waals surface area contributed by atoms with Crippen LogP contribution in [0.2, 0.25) is 5.02 Å². The van der Waals surface area contributed by atoms with Gasteiger partial charge in [-0.25, -0.2) is 0 Å². The smallest absolute Gasteiger partial charge is 0.242 e. The van der Waals surface area contributed by atoms with E-state index in [1.807, 2.05) is 16.8 Å². The largest absolute Gasteiger partial charge is 0.397 e. The van der Waals surface area contributed by atoms with Crippen molar-refractivity contribution >= 4 is 28.9 Å². The minimum absolute atomic E-state index is 0.148. The third-order valence-electron chi connectivity index (χ3n) is 3.23. The SMILES string of the molecule is CN(CC(=O)N1CCCC1)c1cc(Cl)ccc1N. The van der Waals surface area contributed by atoms with E-state index in [-0.39, 0.29) is 5.91 Å². The highest BCUT2D eigenvalue weighted by molar-refractivity contribution is 6.31. The number of hydrogen-bond acceptors (Lipinski definition) is 3. The van der Waals surface area contributed by atoms with Gasteiger partial charge in [0.15, 0.2) is 0 Å². The van der Waals surface area contributed by atoms with E-state index in [0.717, 1.165) is 31.6 Å². The maximum absolute atomic E-state index is 12.0. The fourth-order valence-corrected chi connectivity index (χ4v) is 2.37. The van der Waals surface area contributed by atoms with Gasteiger partial charge >= 0.3 is 0 Å². The summed E-state index contributed by atoms with van der Waals surface area (Å²) in [6, 6.07) is 5.29. The number of hydrogen-bond donors (Lipinski definition) is 1. The van der Waals surface area contributed by atoms with Crippen molar-refractivity contribution in [1.82, 2.24) is 4.90 Å². The van der Waals surface area contributed by atoms with Crippen molar-refractivity contribution < 1.29 is 4.79 Å². The van der Waals surface area contributed by atoms with Gasteiger partial charge in [-0.1, -0.05) is 11.6 Å². The summed E-state index contributed by atoms with van der Waals surface area (Å²) in [5.74, 6) is 0.148. The maximum atomic E-state index is 12.0. The molecule has 0 aliphatic carbocycles. The molecule has 4 nitrogen and oxygen atoms in total. The molecule has 1 heterocycles. The summed E-state index contributed by atoms with van der Waals surface area (Å²) in [5.41, 5.74) is 7.33. The normalized spacial score (nSPS) is 14.9. The van der Waals surface area contributed by atoms with E-state index >= 15 is 0 Å². The van der Waals surface area contributed by atoms with Crippen LogP contribution in [-0.2, 0) is 4.79 Å². The molecule has 1 fully saturated rings. The van der Waals surface area contributed by atoms with E-state index in [4.69, 9.17) is 17.3 Å². The molecule has 0 radical (unpaired) electrons. The summed E-state index contributed by atoms with van der Waals surface area (Å²) < 4.78 is 0. The Kier molecular flexibility index (Phi) is 3.97. The molecule has 1 saturated heterocycles. The molecule has 0 bridgehead atoms. The predicted octanol–water partition coefficient (Wildman–Crippen LogP) is 1.98. The molecule has 1 aromatic rings. The second kappa shape index (κ2) is 5.48. The molecule has 0 unspecified atom stereocenters. The Morgan fingerprint density at radius 2 is 2.11 bits per heavy atom. The number of carbonyl (C=O) groups is 1. The minimum Gasteiger partial charge on any atom is -0.397 e. The highest BCUT2D eigenvalue weighted by atomic mass is 35.5. The number of halogens is 1. The van der Waals surface area contributed by atoms with E-state index in [9.17, 15) is 4.79 Å². The number of nitrogen functional groups attached to an aromatic ring is 1. The monoisotopic (exact) mass is 267 g/mol. The number of likely N-dealkylation sites (tertiary alicyclic amines) is 1. The second-order valence-corrected chi connectivity index (χ2v) is 5.08. The second-order valence-electron chi connectivity index (χ2n) is 4.65. The van der Waals surface area contributed by atoms with E-state index in [1.165, 1.54) is 0 Å². The molecular formula is C13H18ClN3O. The molecule has 0 atom stereocenters. The lowest BCUT2D eigenvalue weighted by Crippen LogP contribution is -2.37. The van der Waals surface area contributed by atoms with Gasteiger partial charge in [-0.05, 0) is 31.0 Å². The fraction of sp³-hybridized carbons (Fsp3) is 0.462. The van der Waals surface area contributed by atoms with Crippen LogP contribution in [-0.4, -0.2) is 37.5 Å². The van der Waals surface area contributed by atoms with Crippen molar-refractivity contribution in [2.24, 2.45) is 0 Å². The first-order valence-corrected chi connectivity index (χ1v) is 6.49. The van der Waals surface area contributed by atoms with Crippen LogP contribution in [0.25, 0.3) is 0 Å². The van der Waals surface area contributed by atoms with Gasteiger partial charge in [0.2, 0.25) is 5.91 Å². The number of anilines is 2. The maximum Gasteiger partial charge on any atom is 0.242 e. The van der Waals surface area contributed by atoms with Crippen LogP contribution in [0.15, 0.2) is 18.2 Å². The molecular weight excluding hydrogens is 250 g/mol. The lowest BCUT2D eigenvalue weighted by atomic mass is 10.2. The number of carbonyl (C=O) groups excluding carboxylic acids is 1. The zero-order valence-electron chi connectivity index (χ0n) is 10.5. The lowest BCUT2D eigenvalue weighted by molar-refractivity contribution is -0.128. The van der Waals surface area contributed by atoms with Crippen LogP contribution in [0, 0.1) is 0 Å². The quantitative estimate of drug-likeness (QED) is 0.852. The molecule has 98 valence electrons. The highest BCUT2D eigenvalue weighted by Gasteiger charge is 2.19. The molecule has 0 aromatic heterocycles. The third-order valence-corrected chi connectivity index (χ3v) is 3.47. The van der Waals surface area contributed by atoms with Crippen LogP contribution in [0.1, 0.15) is 12.8 Å². The Labute approximate surface area is 112 Å². The van der Waals surface area contributed by atoms with Crippen LogP contribution >= 0.6 is 11.6 Å². The van der Waals surface area contributed by atoms with Crippen molar-refractivity contribution in [3.05, 3.63) is 23.2 Å². The molecule has 0 saturated carbocycles. The Balaban J connectivity index is 2.04. The lowest BCUT2D eigenvalue weighted by Gasteiger charge is -2.24. The molecule has 2 rings (SSSR count). The highest BCUT2D eigenvalue weighted by Crippen LogP contribution is 2.26. The van der Waals surface area contributed by atoms with Gasteiger partial charge < -0.3 is 15.5 Å². The molecule has 2 N–H and O–H groups in total. The van der Waals surface area contributed by atoms with Crippen LogP contribution in [0.4, 0.5) is 11.4 Å². The first-order valence-electron chi connectivity index (χ1n) is 6.12. The average Bonchev–Trinajstić information content (AvgIpc) is 2.85. The van der Waals surface area contributed by atoms with Crippen molar-refractivity contribution in [2.75, 3.05) is 37.3 Å². The molecule has 5 heteroatoms. The zero-order chi connectivity index (χ0) is 13.1. The number of benzene rings is 1. The summed E-state index contributed by atoms with van der Waals surface area (Å²) in [6.45, 7) is 2.08. The summed E-state index contributed by atoms with van der Waals surface area (Å²) in [7, 11) is 1.86. The van der Waals surface area contributed by atoms with Gasteiger partial charge in [-0.3, -0.25) is 4.79 Å². The number of likely N-dealkylation sites (N-methyl/N-ethyl adjacent to an activating group) is 1. The fourth-order valence-electron chi connectivity index (χ4n) is 2.20. The Morgan fingerprint density at radius 3 is 2.78 bits per heavy atom. The van der Waals surface area contributed by atoms with Crippen LogP contribution < -0.4 is 10.6 Å². The summed E-state index contributed by atoms with van der Waals surface area (Å²) in [4.78, 5) is 15.8. The topological polar surface area (TPSA) is 49.6 Å². The molecule has 18 heavy (non-hydrogen) atoms. The van der Waals surface area contributed by atoms with Crippen molar-refractivity contribution in [2.45, 2.75) is 12.8 Å². The van der Waals surface area contributed by atoms with E-state index in [2.05, 4.69) is 0 Å². The average molecular weight is 268 g/mol. The summed E-state index contributed by atoms with van der Waals surface area (Å²) >= 11 is 5.95. The van der Waals surface area contributed by atoms with E-state index in [1.54, 1.807) is 18.2 Å². The van der Waals surface area contributed by atoms with E-state index in [0.29, 0.717) is 17.3 Å². The first kappa shape index (κ1) is 13.0. The summed E-state index contributed by atoms with van der Waals surface area (Å²) in [6.07, 6.45) is 2.21. The molecule has 1 aromatic carbocycles. The van der Waals surface area contributed by atoms with E-state index < -0.39 is 0 Å². The number of rotatable bonds is 3. The Bertz CT molecular complexity index is 444. The molecule has 1 aliphatic heterocycles. The zero-order valence-corrected chi connectivity index (χ0v) is 11.3.